The molecule has 4 rings (SSSR count). The first-order chi connectivity index (χ1) is 15.5. The lowest BCUT2D eigenvalue weighted by atomic mass is 10.2. The summed E-state index contributed by atoms with van der Waals surface area (Å²) in [6, 6.07) is 8.16. The average molecular weight is 456 g/mol. The predicted octanol–water partition coefficient (Wildman–Crippen LogP) is 3.00. The van der Waals surface area contributed by atoms with Crippen molar-refractivity contribution in [1.29, 1.82) is 5.26 Å². The molecule has 11 heteroatoms. The van der Waals surface area contributed by atoms with E-state index in [0.717, 1.165) is 30.7 Å². The van der Waals surface area contributed by atoms with Gasteiger partial charge in [-0.2, -0.15) is 5.26 Å². The molecule has 1 fully saturated rings. The largest absolute Gasteiger partial charge is 0.376 e. The molecule has 0 saturated carbocycles. The van der Waals surface area contributed by atoms with E-state index in [0.29, 0.717) is 28.8 Å². The number of anilines is 1. The minimum absolute atomic E-state index is 0.0448. The van der Waals surface area contributed by atoms with Crippen molar-refractivity contribution in [2.75, 3.05) is 17.7 Å². The lowest BCUT2D eigenvalue weighted by Crippen LogP contribution is -2.19. The molecule has 1 amide bonds. The Balaban J connectivity index is 1.51. The maximum absolute atomic E-state index is 13.8. The maximum Gasteiger partial charge on any atom is 0.236 e. The van der Waals surface area contributed by atoms with Crippen LogP contribution in [0.15, 0.2) is 29.4 Å². The van der Waals surface area contributed by atoms with E-state index in [1.807, 2.05) is 6.92 Å². The highest BCUT2D eigenvalue weighted by atomic mass is 32.2. The van der Waals surface area contributed by atoms with E-state index in [1.165, 1.54) is 23.9 Å². The summed E-state index contributed by atoms with van der Waals surface area (Å²) >= 11 is 1.20. The molecule has 0 radical (unpaired) electrons. The van der Waals surface area contributed by atoms with Crippen LogP contribution in [-0.4, -0.2) is 49.1 Å². The van der Waals surface area contributed by atoms with Crippen molar-refractivity contribution in [1.82, 2.24) is 24.8 Å². The molecule has 0 bridgehead atoms. The van der Waals surface area contributed by atoms with Crippen LogP contribution in [0.25, 0.3) is 5.69 Å². The highest BCUT2D eigenvalue weighted by molar-refractivity contribution is 7.99. The summed E-state index contributed by atoms with van der Waals surface area (Å²) in [7, 11) is 0. The lowest BCUT2D eigenvalue weighted by molar-refractivity contribution is -0.113. The molecule has 1 N–H and O–H groups in total. The van der Waals surface area contributed by atoms with Gasteiger partial charge in [0, 0.05) is 12.3 Å². The van der Waals surface area contributed by atoms with Crippen molar-refractivity contribution in [2.24, 2.45) is 0 Å². The molecule has 1 atom stereocenters. The summed E-state index contributed by atoms with van der Waals surface area (Å²) in [5.41, 5.74) is 2.33. The zero-order valence-corrected chi connectivity index (χ0v) is 18.5. The summed E-state index contributed by atoms with van der Waals surface area (Å²) in [5.74, 6) is -0.368. The third-order valence-electron chi connectivity index (χ3n) is 5.38. The Morgan fingerprint density at radius 3 is 3.00 bits per heavy atom. The van der Waals surface area contributed by atoms with Gasteiger partial charge in [-0.3, -0.25) is 9.36 Å². The van der Waals surface area contributed by atoms with E-state index >= 15 is 0 Å². The quantitative estimate of drug-likeness (QED) is 0.545. The number of rotatable bonds is 7. The number of thioether (sulfide) groups is 1. The fourth-order valence-electron chi connectivity index (χ4n) is 3.69. The molecule has 0 spiro atoms. The number of carbonyl (C=O) groups is 1. The van der Waals surface area contributed by atoms with E-state index in [4.69, 9.17) is 4.74 Å². The summed E-state index contributed by atoms with van der Waals surface area (Å²) in [6.07, 6.45) is 2.05. The average Bonchev–Trinajstić information content (AvgIpc) is 3.49. The van der Waals surface area contributed by atoms with Gasteiger partial charge in [0.05, 0.1) is 29.7 Å². The molecule has 32 heavy (non-hydrogen) atoms. The van der Waals surface area contributed by atoms with Crippen LogP contribution in [0.2, 0.25) is 0 Å². The summed E-state index contributed by atoms with van der Waals surface area (Å²) in [4.78, 5) is 12.8. The predicted molar refractivity (Wildman–Crippen MR) is 116 cm³/mol. The van der Waals surface area contributed by atoms with E-state index < -0.39 is 5.82 Å². The number of nitrogens with one attached hydrogen (secondary N) is 1. The summed E-state index contributed by atoms with van der Waals surface area (Å²) in [6.45, 7) is 4.90. The molecule has 166 valence electrons. The Morgan fingerprint density at radius 1 is 1.44 bits per heavy atom. The van der Waals surface area contributed by atoms with E-state index in [2.05, 4.69) is 26.9 Å². The smallest absolute Gasteiger partial charge is 0.236 e. The number of hydrogen-bond donors (Lipinski definition) is 1. The number of tetrazole rings is 1. The molecular formula is C21H22FN7O2S. The standard InChI is InChI=1S/C21H22FN7O2S/c1-13-14(2)29(16-6-3-5-15(22)9-16)20(18(13)10-23)24-19(30)12-32-21-25-26-27-28(21)11-17-7-4-8-31-17/h3,5-6,9,17H,4,7-8,11-12H2,1-2H3,(H,24,30). The number of ether oxygens (including phenoxy) is 1. The maximum atomic E-state index is 13.8. The molecule has 0 aliphatic carbocycles. The molecule has 1 aromatic carbocycles. The number of benzene rings is 1. The molecular weight excluding hydrogens is 433 g/mol. The van der Waals surface area contributed by atoms with Crippen LogP contribution < -0.4 is 5.32 Å². The molecule has 1 saturated heterocycles. The molecule has 1 aliphatic rings. The van der Waals surface area contributed by atoms with Gasteiger partial charge in [-0.15, -0.1) is 5.10 Å². The van der Waals surface area contributed by atoms with Crippen molar-refractivity contribution >= 4 is 23.5 Å². The molecule has 2 aromatic heterocycles. The van der Waals surface area contributed by atoms with Crippen molar-refractivity contribution in [3.63, 3.8) is 0 Å². The Hall–Kier alpha value is -3.23. The fourth-order valence-corrected chi connectivity index (χ4v) is 4.38. The normalized spacial score (nSPS) is 15.6. The van der Waals surface area contributed by atoms with Gasteiger partial charge in [-0.25, -0.2) is 9.07 Å². The fraction of sp³-hybridized carbons (Fsp3) is 0.381. The van der Waals surface area contributed by atoms with Crippen molar-refractivity contribution in [3.8, 4) is 11.8 Å². The topological polar surface area (TPSA) is 111 Å². The van der Waals surface area contributed by atoms with Crippen LogP contribution in [0.5, 0.6) is 0 Å². The van der Waals surface area contributed by atoms with Crippen molar-refractivity contribution < 1.29 is 13.9 Å². The number of halogens is 1. The second-order valence-corrected chi connectivity index (χ2v) is 8.42. The lowest BCUT2D eigenvalue weighted by Gasteiger charge is -2.13. The number of carbonyl (C=O) groups excluding carboxylic acids is 1. The zero-order chi connectivity index (χ0) is 22.7. The van der Waals surface area contributed by atoms with Crippen molar-refractivity contribution in [2.45, 2.75) is 44.5 Å². The SMILES string of the molecule is Cc1c(C#N)c(NC(=O)CSc2nnnn2CC2CCCO2)n(-c2cccc(F)c2)c1C. The van der Waals surface area contributed by atoms with Crippen molar-refractivity contribution in [3.05, 3.63) is 46.9 Å². The van der Waals surface area contributed by atoms with Gasteiger partial charge < -0.3 is 10.1 Å². The van der Waals surface area contributed by atoms with Crippen LogP contribution in [0.1, 0.15) is 29.7 Å². The minimum atomic E-state index is -0.405. The van der Waals surface area contributed by atoms with Crippen LogP contribution >= 0.6 is 11.8 Å². The van der Waals surface area contributed by atoms with E-state index in [9.17, 15) is 14.4 Å². The molecule has 3 heterocycles. The molecule has 1 aliphatic heterocycles. The third-order valence-corrected chi connectivity index (χ3v) is 6.34. The van der Waals surface area contributed by atoms with Gasteiger partial charge in [0.1, 0.15) is 17.7 Å². The Labute approximate surface area is 188 Å². The first-order valence-corrected chi connectivity index (χ1v) is 11.1. The molecule has 9 nitrogen and oxygen atoms in total. The highest BCUT2D eigenvalue weighted by Gasteiger charge is 2.22. The van der Waals surface area contributed by atoms with Gasteiger partial charge >= 0.3 is 0 Å². The van der Waals surface area contributed by atoms with Gasteiger partial charge in [-0.1, -0.05) is 17.8 Å². The number of hydrogen-bond acceptors (Lipinski definition) is 7. The number of aromatic nitrogens is 5. The van der Waals surface area contributed by atoms with Gasteiger partial charge in [-0.05, 0) is 60.9 Å². The molecule has 3 aromatic rings. The summed E-state index contributed by atoms with van der Waals surface area (Å²) in [5, 5.41) is 24.7. The Morgan fingerprint density at radius 2 is 2.28 bits per heavy atom. The van der Waals surface area contributed by atoms with Gasteiger partial charge in [0.25, 0.3) is 0 Å². The van der Waals surface area contributed by atoms with Crippen LogP contribution in [0.4, 0.5) is 10.2 Å². The number of amides is 1. The first-order valence-electron chi connectivity index (χ1n) is 10.2. The monoisotopic (exact) mass is 455 g/mol. The third kappa shape index (κ3) is 4.51. The van der Waals surface area contributed by atoms with E-state index in [-0.39, 0.29) is 17.8 Å². The second kappa shape index (κ2) is 9.50. The summed E-state index contributed by atoms with van der Waals surface area (Å²) < 4.78 is 22.8. The Bertz CT molecular complexity index is 1180. The highest BCUT2D eigenvalue weighted by Crippen LogP contribution is 2.30. The zero-order valence-electron chi connectivity index (χ0n) is 17.7. The second-order valence-electron chi connectivity index (χ2n) is 7.48. The van der Waals surface area contributed by atoms with Crippen LogP contribution in [-0.2, 0) is 16.1 Å². The van der Waals surface area contributed by atoms with Crippen LogP contribution in [0, 0.1) is 31.0 Å². The molecule has 1 unspecified atom stereocenters. The van der Waals surface area contributed by atoms with E-state index in [1.54, 1.807) is 28.3 Å². The number of nitriles is 1. The van der Waals surface area contributed by atoms with Gasteiger partial charge in [0.15, 0.2) is 0 Å². The van der Waals surface area contributed by atoms with Gasteiger partial charge in [0.2, 0.25) is 11.1 Å². The number of nitrogens with zero attached hydrogens (tertiary/aromatic N) is 6. The Kier molecular flexibility index (Phi) is 6.53. The van der Waals surface area contributed by atoms with Crippen LogP contribution in [0.3, 0.4) is 0 Å². The first kappa shape index (κ1) is 22.0. The minimum Gasteiger partial charge on any atom is -0.376 e.